The first-order valence-electron chi connectivity index (χ1n) is 17.1. The van der Waals surface area contributed by atoms with E-state index in [-0.39, 0.29) is 70.2 Å². The molecule has 0 amide bonds. The van der Waals surface area contributed by atoms with Crippen LogP contribution in [0.5, 0.6) is 11.8 Å². The summed E-state index contributed by atoms with van der Waals surface area (Å²) >= 11 is 0. The Balaban J connectivity index is 1.38. The smallest absolute Gasteiger partial charge is 0.471 e. The van der Waals surface area contributed by atoms with E-state index in [0.717, 1.165) is 12.5 Å². The van der Waals surface area contributed by atoms with Crippen molar-refractivity contribution in [3.8, 4) is 11.8 Å². The van der Waals surface area contributed by atoms with Gasteiger partial charge in [-0.15, -0.1) is 0 Å². The molecule has 0 aliphatic carbocycles. The van der Waals surface area contributed by atoms with Crippen LogP contribution in [0.3, 0.4) is 0 Å². The van der Waals surface area contributed by atoms with Crippen molar-refractivity contribution in [1.29, 1.82) is 0 Å². The first-order chi connectivity index (χ1) is 26.2. The summed E-state index contributed by atoms with van der Waals surface area (Å²) in [7, 11) is -1.18. The molecule has 0 N–H and O–H groups in total. The van der Waals surface area contributed by atoms with Gasteiger partial charge in [-0.1, -0.05) is 0 Å². The maximum atomic E-state index is 13.7. The number of sulfone groups is 2. The van der Waals surface area contributed by atoms with Crippen molar-refractivity contribution >= 4 is 37.4 Å². The molecular formula is C37H46N4O13S2. The number of aryl methyl sites for hydroxylation is 2. The van der Waals surface area contributed by atoms with Crippen molar-refractivity contribution in [3.05, 3.63) is 81.2 Å². The molecule has 0 bridgehead atoms. The Kier molecular flexibility index (Phi) is 13.8. The van der Waals surface area contributed by atoms with Crippen molar-refractivity contribution in [1.82, 2.24) is 19.6 Å². The highest BCUT2D eigenvalue weighted by atomic mass is 32.2. The van der Waals surface area contributed by atoms with Crippen molar-refractivity contribution in [3.63, 3.8) is 0 Å². The summed E-state index contributed by atoms with van der Waals surface area (Å²) in [5, 5.41) is 8.31. The number of aromatic nitrogens is 4. The maximum absolute atomic E-state index is 13.7. The Morgan fingerprint density at radius 2 is 1.00 bits per heavy atom. The van der Waals surface area contributed by atoms with E-state index in [1.807, 2.05) is 0 Å². The number of hydrogen-bond acceptors (Lipinski definition) is 15. The topological polar surface area (TPSA) is 211 Å². The Morgan fingerprint density at radius 3 is 1.32 bits per heavy atom. The largest absolute Gasteiger partial charge is 0.508 e. The summed E-state index contributed by atoms with van der Waals surface area (Å²) in [6.45, 7) is 5.92. The van der Waals surface area contributed by atoms with E-state index in [1.165, 1.54) is 60.2 Å². The lowest BCUT2D eigenvalue weighted by Gasteiger charge is -2.18. The van der Waals surface area contributed by atoms with Crippen LogP contribution >= 0.6 is 0 Å². The number of methoxy groups -OCH3 is 2. The fourth-order valence-electron chi connectivity index (χ4n) is 5.89. The Bertz CT molecular complexity index is 2190. The average molecular weight is 819 g/mol. The normalized spacial score (nSPS) is 12.9. The summed E-state index contributed by atoms with van der Waals surface area (Å²) in [5.41, 5.74) is 2.30. The van der Waals surface area contributed by atoms with Crippen molar-refractivity contribution in [2.24, 2.45) is 14.1 Å². The summed E-state index contributed by atoms with van der Waals surface area (Å²) in [6, 6.07) is 5.61. The summed E-state index contributed by atoms with van der Waals surface area (Å²) in [4.78, 5) is 40.1. The van der Waals surface area contributed by atoms with Gasteiger partial charge in [0.2, 0.25) is 11.8 Å². The summed E-state index contributed by atoms with van der Waals surface area (Å²) in [5.74, 6) is -0.726. The highest BCUT2D eigenvalue weighted by molar-refractivity contribution is 7.91. The molecule has 0 saturated carbocycles. The minimum atomic E-state index is -3.59. The Hall–Kier alpha value is -5.11. The van der Waals surface area contributed by atoms with E-state index in [4.69, 9.17) is 28.4 Å². The van der Waals surface area contributed by atoms with Gasteiger partial charge in [0.15, 0.2) is 31.2 Å². The molecule has 0 fully saturated rings. The zero-order valence-electron chi connectivity index (χ0n) is 32.9. The molecule has 4 aromatic rings. The fourth-order valence-corrected chi connectivity index (χ4v) is 7.84. The highest BCUT2D eigenvalue weighted by Crippen LogP contribution is 2.30. The van der Waals surface area contributed by atoms with Gasteiger partial charge in [-0.2, -0.15) is 10.2 Å². The van der Waals surface area contributed by atoms with Crippen LogP contribution in [0.2, 0.25) is 0 Å². The van der Waals surface area contributed by atoms with Gasteiger partial charge >= 0.3 is 6.16 Å². The number of ether oxygens (including phenoxy) is 6. The molecule has 2 unspecified atom stereocenters. The first kappa shape index (κ1) is 43.6. The van der Waals surface area contributed by atoms with Crippen LogP contribution in [0, 0.1) is 13.8 Å². The standard InChI is InChI=1S/C37H46N4O13S2/c1-21(53-35-27(15-38-40(35)5)33(42)25-11-13-31(55(9,45)46)29(19-49-7)23(25)3)17-51-37(44)52-18-22(2)54-36-28(16-39-41(36)6)34(43)26-12-14-32(56(10,47)48)30(20-50-8)24(26)4/h11-16,21-22H,17-20H2,1-10H3. The predicted octanol–water partition coefficient (Wildman–Crippen LogP) is 3.72. The molecule has 2 atom stereocenters. The van der Waals surface area contributed by atoms with E-state index < -0.39 is 49.6 Å². The van der Waals surface area contributed by atoms with Crippen molar-refractivity contribution in [2.45, 2.75) is 62.9 Å². The van der Waals surface area contributed by atoms with Crippen LogP contribution in [-0.4, -0.2) is 106 Å². The van der Waals surface area contributed by atoms with E-state index in [0.29, 0.717) is 22.3 Å². The van der Waals surface area contributed by atoms with Gasteiger partial charge in [-0.05, 0) is 74.2 Å². The fraction of sp³-hybridized carbons (Fsp3) is 0.432. The van der Waals surface area contributed by atoms with Gasteiger partial charge in [-0.25, -0.2) is 31.0 Å². The van der Waals surface area contributed by atoms with Crippen LogP contribution in [0.15, 0.2) is 46.5 Å². The summed E-state index contributed by atoms with van der Waals surface area (Å²) < 4.78 is 85.0. The summed E-state index contributed by atoms with van der Waals surface area (Å²) in [6.07, 6.45) is 2.27. The average Bonchev–Trinajstić information content (AvgIpc) is 3.67. The number of rotatable bonds is 18. The third-order valence-corrected chi connectivity index (χ3v) is 11.1. The number of ketones is 2. The zero-order chi connectivity index (χ0) is 41.7. The first-order valence-corrected chi connectivity index (χ1v) is 20.9. The van der Waals surface area contributed by atoms with Crippen LogP contribution in [0.4, 0.5) is 4.79 Å². The van der Waals surface area contributed by atoms with E-state index in [9.17, 15) is 31.2 Å². The molecule has 17 nitrogen and oxygen atoms in total. The lowest BCUT2D eigenvalue weighted by atomic mass is 9.97. The van der Waals surface area contributed by atoms with Gasteiger partial charge in [0.25, 0.3) is 0 Å². The molecular weight excluding hydrogens is 773 g/mol. The van der Waals surface area contributed by atoms with Crippen molar-refractivity contribution < 1.29 is 59.6 Å². The SMILES string of the molecule is COCc1c(S(C)(=O)=O)ccc(C(=O)c2cnn(C)c2OC(C)COC(=O)OCC(C)Oc2c(C(=O)c3ccc(S(C)(=O)=O)c(COC)c3C)cnn2C)c1C. The van der Waals surface area contributed by atoms with Gasteiger partial charge in [-0.3, -0.25) is 9.59 Å². The van der Waals surface area contributed by atoms with E-state index in [2.05, 4.69) is 10.2 Å². The van der Waals surface area contributed by atoms with Gasteiger partial charge in [0.1, 0.15) is 36.5 Å². The Morgan fingerprint density at radius 1 is 0.643 bits per heavy atom. The van der Waals surface area contributed by atoms with Gasteiger partial charge in [0, 0.05) is 52.0 Å². The molecule has 2 heterocycles. The number of carbonyl (C=O) groups excluding carboxylic acids is 3. The molecule has 0 spiro atoms. The molecule has 2 aromatic heterocycles. The highest BCUT2D eigenvalue weighted by Gasteiger charge is 2.28. The second-order valence-corrected chi connectivity index (χ2v) is 17.2. The molecule has 0 aliphatic rings. The van der Waals surface area contributed by atoms with E-state index >= 15 is 0 Å². The lowest BCUT2D eigenvalue weighted by molar-refractivity contribution is 0.0100. The lowest BCUT2D eigenvalue weighted by Crippen LogP contribution is -2.27. The molecule has 19 heteroatoms. The number of carbonyl (C=O) groups is 3. The third-order valence-electron chi connectivity index (χ3n) is 8.73. The molecule has 0 aliphatic heterocycles. The maximum Gasteiger partial charge on any atom is 0.508 e. The number of hydrogen-bond donors (Lipinski definition) is 0. The minimum Gasteiger partial charge on any atom is -0.471 e. The van der Waals surface area contributed by atoms with Crippen LogP contribution in [0.25, 0.3) is 0 Å². The third kappa shape index (κ3) is 9.81. The number of nitrogens with zero attached hydrogens (tertiary/aromatic N) is 4. The van der Waals surface area contributed by atoms with Crippen LogP contribution in [0.1, 0.15) is 67.9 Å². The molecule has 0 radical (unpaired) electrons. The Labute approximate surface area is 325 Å². The molecule has 4 rings (SSSR count). The predicted molar refractivity (Wildman–Crippen MR) is 201 cm³/mol. The second kappa shape index (κ2) is 17.8. The minimum absolute atomic E-state index is 0.0212. The monoisotopic (exact) mass is 818 g/mol. The second-order valence-electron chi connectivity index (χ2n) is 13.2. The van der Waals surface area contributed by atoms with Gasteiger partial charge < -0.3 is 28.4 Å². The van der Waals surface area contributed by atoms with Crippen LogP contribution in [-0.2, 0) is 65.9 Å². The quantitative estimate of drug-likeness (QED) is 0.103. The molecule has 56 heavy (non-hydrogen) atoms. The van der Waals surface area contributed by atoms with Gasteiger partial charge in [0.05, 0.1) is 35.4 Å². The zero-order valence-corrected chi connectivity index (χ0v) is 34.5. The molecule has 2 aromatic carbocycles. The van der Waals surface area contributed by atoms with Crippen molar-refractivity contribution in [2.75, 3.05) is 39.9 Å². The van der Waals surface area contributed by atoms with Crippen LogP contribution < -0.4 is 9.47 Å². The number of benzene rings is 2. The molecule has 0 saturated heterocycles. The van der Waals surface area contributed by atoms with E-state index in [1.54, 1.807) is 41.8 Å². The molecule has 304 valence electrons.